The van der Waals surface area contributed by atoms with E-state index in [0.717, 1.165) is 33.8 Å². The van der Waals surface area contributed by atoms with Gasteiger partial charge in [-0.25, -0.2) is 0 Å². The highest BCUT2D eigenvalue weighted by molar-refractivity contribution is 6.41. The van der Waals surface area contributed by atoms with Crippen molar-refractivity contribution >= 4 is 29.0 Å². The first kappa shape index (κ1) is 26.0. The lowest BCUT2D eigenvalue weighted by molar-refractivity contribution is 0.0990. The molecule has 0 heterocycles. The maximum absolute atomic E-state index is 13.0. The minimum absolute atomic E-state index is 0.175. The molecule has 0 bridgehead atoms. The van der Waals surface area contributed by atoms with Gasteiger partial charge < -0.3 is 4.90 Å². The molecule has 0 saturated carbocycles. The van der Waals surface area contributed by atoms with Gasteiger partial charge in [-0.2, -0.15) is 0 Å². The number of Topliss-reactive ketones (excluding diaryl/α,β-unsaturated/α-hetero) is 2. The van der Waals surface area contributed by atoms with Gasteiger partial charge in [-0.15, -0.1) is 0 Å². The molecule has 3 nitrogen and oxygen atoms in total. The molecule has 3 heteroatoms. The first-order valence-corrected chi connectivity index (χ1v) is 13.7. The Bertz CT molecular complexity index is 1780. The summed E-state index contributed by atoms with van der Waals surface area (Å²) in [5.74, 6) is -0.479. The highest BCUT2D eigenvalue weighted by atomic mass is 16.2. The van der Waals surface area contributed by atoms with Crippen molar-refractivity contribution < 1.29 is 9.59 Å². The Morgan fingerprint density at radius 3 is 2.15 bits per heavy atom. The number of nitrogens with zero attached hydrogens (tertiary/aromatic N) is 1. The summed E-state index contributed by atoms with van der Waals surface area (Å²) in [6.07, 6.45) is 9.63. The van der Waals surface area contributed by atoms with Crippen LogP contribution in [-0.2, 0) is 5.41 Å². The Balaban J connectivity index is 1.39. The maximum atomic E-state index is 13.0. The summed E-state index contributed by atoms with van der Waals surface area (Å²) in [7, 11) is 0. The van der Waals surface area contributed by atoms with Gasteiger partial charge in [0, 0.05) is 44.7 Å². The number of anilines is 2. The van der Waals surface area contributed by atoms with E-state index in [9.17, 15) is 9.59 Å². The van der Waals surface area contributed by atoms with E-state index in [4.69, 9.17) is 0 Å². The van der Waals surface area contributed by atoms with Gasteiger partial charge in [0.1, 0.15) is 0 Å². The smallest absolute Gasteiger partial charge is 0.197 e. The number of allylic oxidation sites excluding steroid dienone is 5. The minimum Gasteiger partial charge on any atom is -0.311 e. The molecule has 0 radical (unpaired) electrons. The quantitative estimate of drug-likeness (QED) is 0.142. The Labute approximate surface area is 241 Å². The van der Waals surface area contributed by atoms with E-state index in [2.05, 4.69) is 67.8 Å². The van der Waals surface area contributed by atoms with Gasteiger partial charge in [0.05, 0.1) is 5.57 Å². The molecular weight excluding hydrogens is 502 g/mol. The lowest BCUT2D eigenvalue weighted by Crippen LogP contribution is -2.18. The average Bonchev–Trinajstić information content (AvgIpc) is 3.36. The van der Waals surface area contributed by atoms with Gasteiger partial charge in [0.2, 0.25) is 0 Å². The molecule has 198 valence electrons. The molecule has 0 aromatic heterocycles. The zero-order valence-corrected chi connectivity index (χ0v) is 23.4. The lowest BCUT2D eigenvalue weighted by Gasteiger charge is -2.28. The standard InChI is InChI=1S/C38H29NO2/c1-5-6-8-13-25(2)39(27-14-9-7-10-15-27)28-19-21-30-29-20-18-26(23-34(29)38(3,4)35(30)24-28)22-33-36(40)31-16-11-12-17-32(31)37(33)41/h5-17,19,21-24H,2H2,1,3-4H3/b6-5-,13-8-. The second-order valence-electron chi connectivity index (χ2n) is 10.8. The van der Waals surface area contributed by atoms with E-state index in [1.54, 1.807) is 30.3 Å². The Kier molecular flexibility index (Phi) is 6.40. The third-order valence-electron chi connectivity index (χ3n) is 7.88. The van der Waals surface area contributed by atoms with Gasteiger partial charge in [0.15, 0.2) is 11.6 Å². The van der Waals surface area contributed by atoms with E-state index in [1.807, 2.05) is 55.5 Å². The number of rotatable bonds is 6. The molecule has 0 unspecified atom stereocenters. The van der Waals surface area contributed by atoms with Crippen LogP contribution in [-0.4, -0.2) is 11.6 Å². The first-order valence-electron chi connectivity index (χ1n) is 13.7. The predicted molar refractivity (Wildman–Crippen MR) is 166 cm³/mol. The highest BCUT2D eigenvalue weighted by Crippen LogP contribution is 2.50. The van der Waals surface area contributed by atoms with Crippen LogP contribution in [0, 0.1) is 12.1 Å². The monoisotopic (exact) mass is 531 g/mol. The minimum atomic E-state index is -0.337. The van der Waals surface area contributed by atoms with Crippen molar-refractivity contribution in [3.63, 3.8) is 0 Å². The zero-order valence-electron chi connectivity index (χ0n) is 23.4. The van der Waals surface area contributed by atoms with Crippen LogP contribution in [0.3, 0.4) is 0 Å². The molecule has 0 spiro atoms. The lowest BCUT2D eigenvalue weighted by atomic mass is 9.82. The first-order chi connectivity index (χ1) is 19.8. The molecule has 6 rings (SSSR count). The average molecular weight is 532 g/mol. The fraction of sp³-hybridized carbons (Fsp3) is 0.105. The molecule has 0 amide bonds. The number of ketones is 2. The Morgan fingerprint density at radius 2 is 1.46 bits per heavy atom. The predicted octanol–water partition coefficient (Wildman–Crippen LogP) is 8.84. The zero-order chi connectivity index (χ0) is 28.7. The van der Waals surface area contributed by atoms with Crippen LogP contribution >= 0.6 is 0 Å². The van der Waals surface area contributed by atoms with Gasteiger partial charge in [0.25, 0.3) is 0 Å². The molecule has 0 atom stereocenters. The number of hydrogen-bond donors (Lipinski definition) is 0. The molecule has 0 fully saturated rings. The van der Waals surface area contributed by atoms with E-state index < -0.39 is 0 Å². The summed E-state index contributed by atoms with van der Waals surface area (Å²) in [5, 5.41) is 0. The van der Waals surface area contributed by atoms with Crippen LogP contribution in [0.4, 0.5) is 11.4 Å². The van der Waals surface area contributed by atoms with Crippen LogP contribution in [0.25, 0.3) is 17.2 Å². The topological polar surface area (TPSA) is 37.4 Å². The van der Waals surface area contributed by atoms with Gasteiger partial charge >= 0.3 is 0 Å². The van der Waals surface area contributed by atoms with Crippen molar-refractivity contribution in [1.29, 1.82) is 0 Å². The van der Waals surface area contributed by atoms with E-state index in [1.165, 1.54) is 5.56 Å². The molecule has 2 aliphatic carbocycles. The summed E-state index contributed by atoms with van der Waals surface area (Å²) < 4.78 is 0. The third kappa shape index (κ3) is 4.35. The van der Waals surface area contributed by atoms with Crippen LogP contribution in [0.2, 0.25) is 0 Å². The highest BCUT2D eigenvalue weighted by Gasteiger charge is 2.37. The van der Waals surface area contributed by atoms with Crippen molar-refractivity contribution in [1.82, 2.24) is 0 Å². The Morgan fingerprint density at radius 1 is 0.780 bits per heavy atom. The molecule has 4 aromatic rings. The van der Waals surface area contributed by atoms with Crippen molar-refractivity contribution in [3.05, 3.63) is 161 Å². The molecule has 0 N–H and O–H groups in total. The van der Waals surface area contributed by atoms with Crippen LogP contribution < -0.4 is 4.90 Å². The van der Waals surface area contributed by atoms with Crippen molar-refractivity contribution in [2.75, 3.05) is 4.90 Å². The van der Waals surface area contributed by atoms with Gasteiger partial charge in [-0.3, -0.25) is 9.59 Å². The second-order valence-corrected chi connectivity index (χ2v) is 10.8. The fourth-order valence-electron chi connectivity index (χ4n) is 5.77. The van der Waals surface area contributed by atoms with E-state index >= 15 is 0 Å². The maximum Gasteiger partial charge on any atom is 0.197 e. The van der Waals surface area contributed by atoms with Crippen molar-refractivity contribution in [3.8, 4) is 11.1 Å². The summed E-state index contributed by atoms with van der Waals surface area (Å²) in [4.78, 5) is 28.1. The fourth-order valence-corrected chi connectivity index (χ4v) is 5.77. The molecule has 41 heavy (non-hydrogen) atoms. The normalized spacial score (nSPS) is 14.7. The number of hydrogen-bond acceptors (Lipinski definition) is 3. The SMILES string of the molecule is C=C(/C=C\C=C/C)N(c1ccccc1)c1ccc2c(c1)C(C)(C)c1cc(C=C3C(=O)c4ccccc4C3=O)c#cc1-2. The molecule has 0 saturated heterocycles. The Hall–Kier alpha value is -5.20. The summed E-state index contributed by atoms with van der Waals surface area (Å²) >= 11 is 0. The summed E-state index contributed by atoms with van der Waals surface area (Å²) in [6, 6.07) is 32.3. The van der Waals surface area contributed by atoms with Crippen LogP contribution in [0.5, 0.6) is 0 Å². The summed E-state index contributed by atoms with van der Waals surface area (Å²) in [5.41, 5.74) is 8.66. The molecular formula is C38H29NO2. The van der Waals surface area contributed by atoms with Crippen molar-refractivity contribution in [2.45, 2.75) is 26.2 Å². The van der Waals surface area contributed by atoms with E-state index in [0.29, 0.717) is 16.7 Å². The number of fused-ring (bicyclic) bond motifs is 4. The van der Waals surface area contributed by atoms with Crippen LogP contribution in [0.1, 0.15) is 58.2 Å². The van der Waals surface area contributed by atoms with E-state index in [-0.39, 0.29) is 22.6 Å². The second kappa shape index (κ2) is 10.1. The third-order valence-corrected chi connectivity index (χ3v) is 7.88. The number of para-hydroxylation sites is 1. The molecule has 0 aliphatic heterocycles. The molecule has 4 aromatic carbocycles. The summed E-state index contributed by atoms with van der Waals surface area (Å²) in [6.45, 7) is 10.7. The number of benzene rings is 3. The molecule has 2 aliphatic rings. The largest absolute Gasteiger partial charge is 0.311 e. The van der Waals surface area contributed by atoms with Crippen molar-refractivity contribution in [2.24, 2.45) is 0 Å². The number of carbonyl (C=O) groups is 2. The van der Waals surface area contributed by atoms with Gasteiger partial charge in [-0.1, -0.05) is 99.3 Å². The van der Waals surface area contributed by atoms with Crippen LogP contribution in [0.15, 0.2) is 121 Å². The van der Waals surface area contributed by atoms with Gasteiger partial charge in [-0.05, 0) is 66.1 Å². The number of carbonyl (C=O) groups excluding carboxylic acids is 2.